The van der Waals surface area contributed by atoms with E-state index in [4.69, 9.17) is 0 Å². The minimum absolute atomic E-state index is 0.227. The maximum Gasteiger partial charge on any atom is 0.111 e. The molecule has 2 heteroatoms. The van der Waals surface area contributed by atoms with Crippen molar-refractivity contribution in [3.05, 3.63) is 0 Å². The Kier molecular flexibility index (Phi) is 2.92. The molecular weight excluding hydrogens is 172 g/mol. The summed E-state index contributed by atoms with van der Waals surface area (Å²) >= 11 is 0. The van der Waals surface area contributed by atoms with Crippen molar-refractivity contribution in [1.82, 2.24) is 4.90 Å². The van der Waals surface area contributed by atoms with E-state index in [1.165, 1.54) is 0 Å². The Labute approximate surface area is 87.9 Å². The van der Waals surface area contributed by atoms with Crippen molar-refractivity contribution >= 4 is 0 Å². The zero-order chi connectivity index (χ0) is 11.0. The van der Waals surface area contributed by atoms with Crippen LogP contribution < -0.4 is 0 Å². The molecule has 2 unspecified atom stereocenters. The highest BCUT2D eigenvalue weighted by molar-refractivity contribution is 5.13. The molecule has 0 aromatic heterocycles. The summed E-state index contributed by atoms with van der Waals surface area (Å²) in [6.07, 6.45) is 3.31. The summed E-state index contributed by atoms with van der Waals surface area (Å²) in [6, 6.07) is 2.53. The minimum atomic E-state index is -0.227. The fourth-order valence-corrected chi connectivity index (χ4v) is 2.81. The Balaban J connectivity index is 2.89. The fourth-order valence-electron chi connectivity index (χ4n) is 2.81. The zero-order valence-electron chi connectivity index (χ0n) is 10.1. The van der Waals surface area contributed by atoms with Gasteiger partial charge >= 0.3 is 0 Å². The lowest BCUT2D eigenvalue weighted by molar-refractivity contribution is 0.0422. The molecule has 1 saturated carbocycles. The highest BCUT2D eigenvalue weighted by atomic mass is 15.1. The van der Waals surface area contributed by atoms with Gasteiger partial charge in [0.15, 0.2) is 0 Å². The summed E-state index contributed by atoms with van der Waals surface area (Å²) < 4.78 is 0. The average Bonchev–Trinajstić information content (AvgIpc) is 2.03. The molecule has 80 valence electrons. The molecule has 0 radical (unpaired) electrons. The van der Waals surface area contributed by atoms with Gasteiger partial charge in [0, 0.05) is 0 Å². The summed E-state index contributed by atoms with van der Waals surface area (Å²) in [4.78, 5) is 2.10. The molecule has 2 nitrogen and oxygen atoms in total. The van der Waals surface area contributed by atoms with Crippen LogP contribution in [0.5, 0.6) is 0 Å². The van der Waals surface area contributed by atoms with Gasteiger partial charge in [-0.2, -0.15) is 5.26 Å². The third-order valence-corrected chi connectivity index (χ3v) is 3.85. The smallest absolute Gasteiger partial charge is 0.111 e. The van der Waals surface area contributed by atoms with E-state index < -0.39 is 0 Å². The van der Waals surface area contributed by atoms with Gasteiger partial charge in [-0.25, -0.2) is 0 Å². The highest BCUT2D eigenvalue weighted by Crippen LogP contribution is 2.45. The summed E-state index contributed by atoms with van der Waals surface area (Å²) in [7, 11) is 4.05. The second-order valence-electron chi connectivity index (χ2n) is 5.70. The van der Waals surface area contributed by atoms with Crippen molar-refractivity contribution in [1.29, 1.82) is 5.26 Å². The lowest BCUT2D eigenvalue weighted by atomic mass is 9.64. The van der Waals surface area contributed by atoms with Gasteiger partial charge in [-0.3, -0.25) is 4.90 Å². The number of rotatable bonds is 1. The predicted molar refractivity (Wildman–Crippen MR) is 58.8 cm³/mol. The first kappa shape index (κ1) is 11.5. The van der Waals surface area contributed by atoms with E-state index in [-0.39, 0.29) is 5.54 Å². The van der Waals surface area contributed by atoms with Crippen LogP contribution in [0.1, 0.15) is 40.0 Å². The van der Waals surface area contributed by atoms with Crippen molar-refractivity contribution in [2.45, 2.75) is 45.6 Å². The van der Waals surface area contributed by atoms with Gasteiger partial charge < -0.3 is 0 Å². The monoisotopic (exact) mass is 194 g/mol. The maximum absolute atomic E-state index is 9.36. The lowest BCUT2D eigenvalue weighted by Crippen LogP contribution is -2.52. The normalized spacial score (nSPS) is 36.8. The fraction of sp³-hybridized carbons (Fsp3) is 0.917. The molecule has 0 bridgehead atoms. The van der Waals surface area contributed by atoms with E-state index in [1.807, 2.05) is 14.1 Å². The van der Waals surface area contributed by atoms with Crippen molar-refractivity contribution in [2.75, 3.05) is 14.1 Å². The third-order valence-electron chi connectivity index (χ3n) is 3.85. The van der Waals surface area contributed by atoms with Crippen LogP contribution >= 0.6 is 0 Å². The van der Waals surface area contributed by atoms with Gasteiger partial charge in [0.1, 0.15) is 5.54 Å². The van der Waals surface area contributed by atoms with Crippen LogP contribution in [0.15, 0.2) is 0 Å². The largest absolute Gasteiger partial charge is 0.291 e. The highest BCUT2D eigenvalue weighted by Gasteiger charge is 2.45. The van der Waals surface area contributed by atoms with E-state index in [0.29, 0.717) is 11.3 Å². The van der Waals surface area contributed by atoms with Crippen LogP contribution in [0, 0.1) is 22.7 Å². The maximum atomic E-state index is 9.36. The molecule has 1 rings (SSSR count). The van der Waals surface area contributed by atoms with Crippen molar-refractivity contribution in [3.63, 3.8) is 0 Å². The lowest BCUT2D eigenvalue weighted by Gasteiger charge is -2.47. The molecule has 0 saturated heterocycles. The average molecular weight is 194 g/mol. The van der Waals surface area contributed by atoms with Crippen LogP contribution in [-0.2, 0) is 0 Å². The Morgan fingerprint density at radius 1 is 1.29 bits per heavy atom. The number of hydrogen-bond donors (Lipinski definition) is 0. The molecule has 14 heavy (non-hydrogen) atoms. The molecule has 0 N–H and O–H groups in total. The van der Waals surface area contributed by atoms with E-state index in [2.05, 4.69) is 31.7 Å². The summed E-state index contributed by atoms with van der Waals surface area (Å²) in [5, 5.41) is 9.36. The molecule has 1 aliphatic carbocycles. The van der Waals surface area contributed by atoms with Gasteiger partial charge in [0.25, 0.3) is 0 Å². The predicted octanol–water partition coefficient (Wildman–Crippen LogP) is 2.66. The number of hydrogen-bond acceptors (Lipinski definition) is 2. The topological polar surface area (TPSA) is 27.0 Å². The zero-order valence-corrected chi connectivity index (χ0v) is 10.1. The third kappa shape index (κ3) is 1.79. The number of nitriles is 1. The number of nitrogens with zero attached hydrogens (tertiary/aromatic N) is 2. The second-order valence-corrected chi connectivity index (χ2v) is 5.70. The van der Waals surface area contributed by atoms with Crippen molar-refractivity contribution in [2.24, 2.45) is 11.3 Å². The summed E-state index contributed by atoms with van der Waals surface area (Å²) in [5.74, 6) is 0.464. The Hall–Kier alpha value is -0.550. The van der Waals surface area contributed by atoms with Gasteiger partial charge in [-0.05, 0) is 44.7 Å². The summed E-state index contributed by atoms with van der Waals surface area (Å²) in [5.41, 5.74) is 0.186. The van der Waals surface area contributed by atoms with E-state index in [0.717, 1.165) is 19.3 Å². The first-order chi connectivity index (χ1) is 6.34. The van der Waals surface area contributed by atoms with Crippen LogP contribution in [0.4, 0.5) is 0 Å². The van der Waals surface area contributed by atoms with E-state index in [9.17, 15) is 5.26 Å². The quantitative estimate of drug-likeness (QED) is 0.641. The molecule has 1 aliphatic rings. The molecule has 2 atom stereocenters. The Bertz CT molecular complexity index is 250. The SMILES string of the molecule is CC1CC(C)(C)CCC1(C#N)N(C)C. The van der Waals surface area contributed by atoms with Gasteiger partial charge in [-0.15, -0.1) is 0 Å². The van der Waals surface area contributed by atoms with Gasteiger partial charge in [0.05, 0.1) is 6.07 Å². The van der Waals surface area contributed by atoms with Gasteiger partial charge in [-0.1, -0.05) is 20.8 Å². The van der Waals surface area contributed by atoms with Gasteiger partial charge in [0.2, 0.25) is 0 Å². The molecule has 1 fully saturated rings. The van der Waals surface area contributed by atoms with Crippen LogP contribution in [-0.4, -0.2) is 24.5 Å². The molecular formula is C12H22N2. The molecule has 0 aromatic carbocycles. The van der Waals surface area contributed by atoms with Crippen molar-refractivity contribution in [3.8, 4) is 6.07 Å². The molecule has 0 spiro atoms. The van der Waals surface area contributed by atoms with Crippen LogP contribution in [0.25, 0.3) is 0 Å². The summed E-state index contributed by atoms with van der Waals surface area (Å²) in [6.45, 7) is 6.82. The second kappa shape index (κ2) is 3.55. The standard InChI is InChI=1S/C12H22N2/c1-10-8-11(2,3)6-7-12(10,9-13)14(4)5/h10H,6-8H2,1-5H3. The molecule has 0 heterocycles. The Morgan fingerprint density at radius 3 is 2.21 bits per heavy atom. The van der Waals surface area contributed by atoms with Crippen LogP contribution in [0.3, 0.4) is 0 Å². The van der Waals surface area contributed by atoms with E-state index >= 15 is 0 Å². The minimum Gasteiger partial charge on any atom is -0.291 e. The first-order valence-electron chi connectivity index (χ1n) is 5.43. The van der Waals surface area contributed by atoms with Crippen molar-refractivity contribution < 1.29 is 0 Å². The van der Waals surface area contributed by atoms with Crippen LogP contribution in [0.2, 0.25) is 0 Å². The Morgan fingerprint density at radius 2 is 1.86 bits per heavy atom. The van der Waals surface area contributed by atoms with E-state index in [1.54, 1.807) is 0 Å². The molecule has 0 aliphatic heterocycles. The first-order valence-corrected chi connectivity index (χ1v) is 5.43. The molecule has 0 aromatic rings. The molecule has 0 amide bonds.